The van der Waals surface area contributed by atoms with E-state index in [4.69, 9.17) is 10.5 Å². The first-order valence-electron chi connectivity index (χ1n) is 6.27. The maximum atomic E-state index is 11.6. The summed E-state index contributed by atoms with van der Waals surface area (Å²) in [6.45, 7) is 4.00. The van der Waals surface area contributed by atoms with Crippen molar-refractivity contribution in [3.8, 4) is 6.07 Å². The Kier molecular flexibility index (Phi) is 3.96. The third-order valence-electron chi connectivity index (χ3n) is 3.56. The molecule has 1 fully saturated rings. The molecule has 2 N–H and O–H groups in total. The average Bonchev–Trinajstić information content (AvgIpc) is 3.01. The number of hydrogen-bond donors (Lipinski definition) is 1. The molecule has 2 heterocycles. The van der Waals surface area contributed by atoms with Crippen LogP contribution in [-0.4, -0.2) is 26.2 Å². The molecule has 1 aromatic rings. The molecule has 19 heavy (non-hydrogen) atoms. The Morgan fingerprint density at radius 1 is 1.68 bits per heavy atom. The van der Waals surface area contributed by atoms with Gasteiger partial charge in [0, 0.05) is 13.1 Å². The topological polar surface area (TPSA) is 79.3 Å². The van der Waals surface area contributed by atoms with Gasteiger partial charge in [0.1, 0.15) is 21.5 Å². The normalized spacial score (nSPS) is 18.4. The summed E-state index contributed by atoms with van der Waals surface area (Å²) in [6.07, 6.45) is 2.25. The summed E-state index contributed by atoms with van der Waals surface area (Å²) in [5, 5.41) is 10.1. The number of carbonyl (C=O) groups excluding carboxylic acids is 1. The van der Waals surface area contributed by atoms with Crippen molar-refractivity contribution in [2.75, 3.05) is 30.8 Å². The lowest BCUT2D eigenvalue weighted by Crippen LogP contribution is -2.19. The van der Waals surface area contributed by atoms with Crippen LogP contribution in [0.15, 0.2) is 0 Å². The second-order valence-corrected chi connectivity index (χ2v) is 5.64. The second kappa shape index (κ2) is 5.49. The highest BCUT2D eigenvalue weighted by Crippen LogP contribution is 2.40. The van der Waals surface area contributed by atoms with Gasteiger partial charge in [-0.2, -0.15) is 5.26 Å². The van der Waals surface area contributed by atoms with Gasteiger partial charge in [0.2, 0.25) is 0 Å². The van der Waals surface area contributed by atoms with Crippen molar-refractivity contribution in [1.82, 2.24) is 0 Å². The number of thiophene rings is 1. The van der Waals surface area contributed by atoms with Crippen LogP contribution in [0.1, 0.15) is 35.0 Å². The standard InChI is InChI=1S/C13H17N3O2S/c1-3-8-4-5-16(7-8)12-9(6-14)10(15)11(19-12)13(17)18-2/h8H,3-5,7,15H2,1-2H3. The Bertz CT molecular complexity index is 533. The Labute approximate surface area is 116 Å². The van der Waals surface area contributed by atoms with Gasteiger partial charge in [-0.1, -0.05) is 13.3 Å². The van der Waals surface area contributed by atoms with E-state index in [0.717, 1.165) is 30.9 Å². The number of methoxy groups -OCH3 is 1. The SMILES string of the molecule is CCC1CCN(c2sc(C(=O)OC)c(N)c2C#N)C1. The van der Waals surface area contributed by atoms with E-state index in [1.165, 1.54) is 18.4 Å². The highest BCUT2D eigenvalue weighted by atomic mass is 32.1. The van der Waals surface area contributed by atoms with Crippen molar-refractivity contribution < 1.29 is 9.53 Å². The quantitative estimate of drug-likeness (QED) is 0.858. The van der Waals surface area contributed by atoms with Crippen molar-refractivity contribution in [2.24, 2.45) is 5.92 Å². The van der Waals surface area contributed by atoms with Crippen molar-refractivity contribution >= 4 is 28.0 Å². The van der Waals surface area contributed by atoms with Gasteiger partial charge in [-0.05, 0) is 12.3 Å². The van der Waals surface area contributed by atoms with Crippen molar-refractivity contribution in [3.05, 3.63) is 10.4 Å². The highest BCUT2D eigenvalue weighted by molar-refractivity contribution is 7.18. The molecule has 0 spiro atoms. The predicted molar refractivity (Wildman–Crippen MR) is 75.4 cm³/mol. The highest BCUT2D eigenvalue weighted by Gasteiger charge is 2.29. The van der Waals surface area contributed by atoms with Crippen molar-refractivity contribution in [3.63, 3.8) is 0 Å². The van der Waals surface area contributed by atoms with Crippen LogP contribution in [0.25, 0.3) is 0 Å². The molecule has 1 aliphatic heterocycles. The summed E-state index contributed by atoms with van der Waals surface area (Å²) >= 11 is 1.26. The number of nitrogens with zero attached hydrogens (tertiary/aromatic N) is 2. The summed E-state index contributed by atoms with van der Waals surface area (Å²) < 4.78 is 4.70. The summed E-state index contributed by atoms with van der Waals surface area (Å²) in [5.41, 5.74) is 6.54. The van der Waals surface area contributed by atoms with Gasteiger partial charge < -0.3 is 15.4 Å². The van der Waals surface area contributed by atoms with Gasteiger partial charge in [0.15, 0.2) is 0 Å². The molecule has 1 atom stereocenters. The van der Waals surface area contributed by atoms with Crippen LogP contribution < -0.4 is 10.6 Å². The minimum absolute atomic E-state index is 0.245. The lowest BCUT2D eigenvalue weighted by molar-refractivity contribution is 0.0607. The fraction of sp³-hybridized carbons (Fsp3) is 0.538. The Morgan fingerprint density at radius 3 is 2.95 bits per heavy atom. The number of anilines is 2. The number of hydrogen-bond acceptors (Lipinski definition) is 6. The number of carbonyl (C=O) groups is 1. The molecule has 5 nitrogen and oxygen atoms in total. The van der Waals surface area contributed by atoms with Crippen LogP contribution in [0.5, 0.6) is 0 Å². The van der Waals surface area contributed by atoms with Crippen LogP contribution >= 0.6 is 11.3 Å². The van der Waals surface area contributed by atoms with Crippen LogP contribution in [0.3, 0.4) is 0 Å². The van der Waals surface area contributed by atoms with Crippen molar-refractivity contribution in [1.29, 1.82) is 5.26 Å². The van der Waals surface area contributed by atoms with Crippen LogP contribution in [-0.2, 0) is 4.74 Å². The third-order valence-corrected chi connectivity index (χ3v) is 4.81. The van der Waals surface area contributed by atoms with E-state index in [0.29, 0.717) is 16.4 Å². The largest absolute Gasteiger partial charge is 0.465 e. The minimum atomic E-state index is -0.475. The lowest BCUT2D eigenvalue weighted by atomic mass is 10.1. The number of nitrogens with two attached hydrogens (primary N) is 1. The van der Waals surface area contributed by atoms with E-state index in [2.05, 4.69) is 17.9 Å². The molecule has 0 aliphatic carbocycles. The average molecular weight is 279 g/mol. The second-order valence-electron chi connectivity index (χ2n) is 4.64. The summed E-state index contributed by atoms with van der Waals surface area (Å²) in [5.74, 6) is 0.174. The number of rotatable bonds is 3. The smallest absolute Gasteiger partial charge is 0.350 e. The van der Waals surface area contributed by atoms with Gasteiger partial charge in [0.05, 0.1) is 12.8 Å². The maximum Gasteiger partial charge on any atom is 0.350 e. The molecule has 102 valence electrons. The van der Waals surface area contributed by atoms with Crippen LogP contribution in [0.4, 0.5) is 10.7 Å². The molecule has 1 aliphatic rings. The number of esters is 1. The molecule has 0 saturated carbocycles. The zero-order valence-corrected chi connectivity index (χ0v) is 11.9. The van der Waals surface area contributed by atoms with Gasteiger partial charge in [0.25, 0.3) is 0 Å². The first-order chi connectivity index (χ1) is 9.12. The molecule has 1 saturated heterocycles. The lowest BCUT2D eigenvalue weighted by Gasteiger charge is -2.16. The van der Waals surface area contributed by atoms with E-state index in [-0.39, 0.29) is 5.69 Å². The summed E-state index contributed by atoms with van der Waals surface area (Å²) in [7, 11) is 1.32. The van der Waals surface area contributed by atoms with Gasteiger partial charge in [-0.3, -0.25) is 0 Å². The molecule has 0 amide bonds. The minimum Gasteiger partial charge on any atom is -0.465 e. The zero-order valence-electron chi connectivity index (χ0n) is 11.1. The molecule has 1 unspecified atom stereocenters. The zero-order chi connectivity index (χ0) is 14.0. The van der Waals surface area contributed by atoms with Gasteiger partial charge in [-0.25, -0.2) is 4.79 Å². The predicted octanol–water partition coefficient (Wildman–Crippen LogP) is 2.22. The van der Waals surface area contributed by atoms with Gasteiger partial charge in [-0.15, -0.1) is 11.3 Å². The Morgan fingerprint density at radius 2 is 2.42 bits per heavy atom. The van der Waals surface area contributed by atoms with Crippen LogP contribution in [0.2, 0.25) is 0 Å². The molecular weight excluding hydrogens is 262 g/mol. The fourth-order valence-corrected chi connectivity index (χ4v) is 3.48. The Hall–Kier alpha value is -1.74. The third kappa shape index (κ3) is 2.38. The van der Waals surface area contributed by atoms with E-state index in [9.17, 15) is 10.1 Å². The van der Waals surface area contributed by atoms with E-state index < -0.39 is 5.97 Å². The number of nitrogen functional groups attached to an aromatic ring is 1. The van der Waals surface area contributed by atoms with E-state index in [1.807, 2.05) is 0 Å². The van der Waals surface area contributed by atoms with E-state index in [1.54, 1.807) is 0 Å². The molecule has 6 heteroatoms. The molecule has 0 aromatic carbocycles. The number of nitriles is 1. The molecule has 2 rings (SSSR count). The van der Waals surface area contributed by atoms with Crippen molar-refractivity contribution in [2.45, 2.75) is 19.8 Å². The Balaban J connectivity index is 2.36. The van der Waals surface area contributed by atoms with Crippen LogP contribution in [0, 0.1) is 17.2 Å². The molecule has 0 bridgehead atoms. The summed E-state index contributed by atoms with van der Waals surface area (Å²) in [4.78, 5) is 14.1. The maximum absolute atomic E-state index is 11.6. The molecular formula is C13H17N3O2S. The number of ether oxygens (including phenoxy) is 1. The monoisotopic (exact) mass is 279 g/mol. The summed E-state index contributed by atoms with van der Waals surface area (Å²) in [6, 6.07) is 2.11. The van der Waals surface area contributed by atoms with E-state index >= 15 is 0 Å². The molecule has 1 aromatic heterocycles. The first-order valence-corrected chi connectivity index (χ1v) is 7.09. The molecule has 0 radical (unpaired) electrons. The fourth-order valence-electron chi connectivity index (χ4n) is 2.36. The van der Waals surface area contributed by atoms with Gasteiger partial charge >= 0.3 is 5.97 Å². The first kappa shape index (κ1) is 13.7.